The van der Waals surface area contributed by atoms with Crippen LogP contribution in [0.4, 0.5) is 14.9 Å². The lowest BCUT2D eigenvalue weighted by molar-refractivity contribution is 0.0496. The van der Waals surface area contributed by atoms with Crippen LogP contribution in [0.15, 0.2) is 48.5 Å². The van der Waals surface area contributed by atoms with Crippen LogP contribution in [0.25, 0.3) is 0 Å². The minimum absolute atomic E-state index is 0.00137. The van der Waals surface area contributed by atoms with Crippen molar-refractivity contribution in [2.45, 2.75) is 32.0 Å². The molecule has 2 aromatic carbocycles. The van der Waals surface area contributed by atoms with E-state index in [9.17, 15) is 14.0 Å². The molecule has 2 aliphatic rings. The van der Waals surface area contributed by atoms with E-state index >= 15 is 0 Å². The molecule has 0 bridgehead atoms. The van der Waals surface area contributed by atoms with Crippen molar-refractivity contribution in [1.29, 1.82) is 0 Å². The first-order valence-corrected chi connectivity index (χ1v) is 9.94. The second kappa shape index (κ2) is 8.11. The van der Waals surface area contributed by atoms with Crippen LogP contribution in [0.3, 0.4) is 0 Å². The fourth-order valence-electron chi connectivity index (χ4n) is 4.11. The van der Waals surface area contributed by atoms with Gasteiger partial charge in [-0.05, 0) is 50.1 Å². The molecule has 29 heavy (non-hydrogen) atoms. The van der Waals surface area contributed by atoms with Gasteiger partial charge in [-0.2, -0.15) is 0 Å². The summed E-state index contributed by atoms with van der Waals surface area (Å²) in [6.07, 6.45) is 0.728. The lowest BCUT2D eigenvalue weighted by atomic mass is 10.0. The lowest BCUT2D eigenvalue weighted by Gasteiger charge is -2.39. The highest BCUT2D eigenvalue weighted by atomic mass is 19.1. The number of carbonyl (C=O) groups is 2. The van der Waals surface area contributed by atoms with E-state index < -0.39 is 0 Å². The maximum absolute atomic E-state index is 13.3. The zero-order valence-electron chi connectivity index (χ0n) is 16.3. The highest BCUT2D eigenvalue weighted by molar-refractivity contribution is 5.99. The number of piperidine rings is 1. The van der Waals surface area contributed by atoms with E-state index in [1.165, 1.54) is 12.1 Å². The summed E-state index contributed by atoms with van der Waals surface area (Å²) in [6.45, 7) is 3.23. The number of hydrogen-bond donors (Lipinski definition) is 1. The average molecular weight is 397 g/mol. The molecule has 7 heteroatoms. The van der Waals surface area contributed by atoms with Gasteiger partial charge in [0.1, 0.15) is 12.0 Å². The highest BCUT2D eigenvalue weighted by Crippen LogP contribution is 2.38. The fourth-order valence-corrected chi connectivity index (χ4v) is 4.11. The van der Waals surface area contributed by atoms with Gasteiger partial charge in [0.15, 0.2) is 0 Å². The van der Waals surface area contributed by atoms with E-state index in [-0.39, 0.29) is 30.0 Å². The molecule has 1 N–H and O–H groups in total. The second-order valence-electron chi connectivity index (χ2n) is 7.27. The third-order valence-electron chi connectivity index (χ3n) is 5.53. The van der Waals surface area contributed by atoms with Crippen LogP contribution in [-0.2, 0) is 4.74 Å². The summed E-state index contributed by atoms with van der Waals surface area (Å²) in [5.41, 5.74) is 2.34. The molecule has 0 radical (unpaired) electrons. The third kappa shape index (κ3) is 3.77. The maximum atomic E-state index is 13.3. The Labute approximate surface area is 169 Å². The van der Waals surface area contributed by atoms with Gasteiger partial charge in [0.05, 0.1) is 6.61 Å². The van der Waals surface area contributed by atoms with Crippen LogP contribution in [-0.4, -0.2) is 47.5 Å². The number of benzene rings is 2. The summed E-state index contributed by atoms with van der Waals surface area (Å²) in [7, 11) is 0. The first kappa shape index (κ1) is 19.2. The first-order chi connectivity index (χ1) is 14.1. The Morgan fingerprint density at radius 1 is 1.14 bits per heavy atom. The Balaban J connectivity index is 1.55. The van der Waals surface area contributed by atoms with Crippen LogP contribution in [0, 0.1) is 5.82 Å². The minimum Gasteiger partial charge on any atom is -0.450 e. The molecule has 0 unspecified atom stereocenters. The number of ether oxygens (including phenoxy) is 1. The molecule has 1 saturated heterocycles. The monoisotopic (exact) mass is 397 g/mol. The number of amides is 2. The molecular formula is C22H24FN3O3. The number of likely N-dealkylation sites (tertiary alicyclic amines) is 1. The minimum atomic E-state index is -0.330. The number of nitrogens with one attached hydrogen (secondary N) is 1. The molecule has 2 heterocycles. The number of anilines is 1. The molecule has 1 fully saturated rings. The SMILES string of the molecule is CCOC(=O)N1CCC(N2C(=O)c3ccccc3[C@@H]2Nc2ccc(F)cc2)CC1. The van der Waals surface area contributed by atoms with Crippen molar-refractivity contribution in [2.75, 3.05) is 25.0 Å². The van der Waals surface area contributed by atoms with Crippen molar-refractivity contribution in [3.63, 3.8) is 0 Å². The van der Waals surface area contributed by atoms with Gasteiger partial charge in [0.2, 0.25) is 0 Å². The average Bonchev–Trinajstić information content (AvgIpc) is 3.02. The van der Waals surface area contributed by atoms with Crippen LogP contribution in [0.5, 0.6) is 0 Å². The molecule has 2 amide bonds. The number of halogens is 1. The number of fused-ring (bicyclic) bond motifs is 1. The van der Waals surface area contributed by atoms with Crippen molar-refractivity contribution in [1.82, 2.24) is 9.80 Å². The largest absolute Gasteiger partial charge is 0.450 e. The van der Waals surface area contributed by atoms with Gasteiger partial charge in [0.25, 0.3) is 5.91 Å². The molecule has 0 saturated carbocycles. The quantitative estimate of drug-likeness (QED) is 0.847. The molecule has 6 nitrogen and oxygen atoms in total. The van der Waals surface area contributed by atoms with E-state index in [0.717, 1.165) is 11.3 Å². The summed E-state index contributed by atoms with van der Waals surface area (Å²) >= 11 is 0. The van der Waals surface area contributed by atoms with Gasteiger partial charge >= 0.3 is 6.09 Å². The van der Waals surface area contributed by atoms with Crippen molar-refractivity contribution in [3.8, 4) is 0 Å². The number of hydrogen-bond acceptors (Lipinski definition) is 4. The Hall–Kier alpha value is -3.09. The molecule has 1 atom stereocenters. The van der Waals surface area contributed by atoms with E-state index in [4.69, 9.17) is 4.74 Å². The smallest absolute Gasteiger partial charge is 0.409 e. The highest BCUT2D eigenvalue weighted by Gasteiger charge is 2.42. The Kier molecular flexibility index (Phi) is 5.38. The van der Waals surface area contributed by atoms with E-state index in [1.54, 1.807) is 24.0 Å². The molecule has 0 spiro atoms. The summed E-state index contributed by atoms with van der Waals surface area (Å²) in [6, 6.07) is 13.7. The van der Waals surface area contributed by atoms with Gasteiger partial charge in [0, 0.05) is 35.9 Å². The van der Waals surface area contributed by atoms with Crippen LogP contribution in [0.1, 0.15) is 41.9 Å². The predicted octanol–water partition coefficient (Wildman–Crippen LogP) is 4.01. The van der Waals surface area contributed by atoms with Crippen molar-refractivity contribution >= 4 is 17.7 Å². The third-order valence-corrected chi connectivity index (χ3v) is 5.53. The van der Waals surface area contributed by atoms with Crippen molar-refractivity contribution in [2.24, 2.45) is 0 Å². The predicted molar refractivity (Wildman–Crippen MR) is 107 cm³/mol. The van der Waals surface area contributed by atoms with Crippen LogP contribution < -0.4 is 5.32 Å². The molecule has 0 aliphatic carbocycles. The molecule has 4 rings (SSSR count). The topological polar surface area (TPSA) is 61.9 Å². The van der Waals surface area contributed by atoms with Gasteiger partial charge in [-0.15, -0.1) is 0 Å². The van der Waals surface area contributed by atoms with Gasteiger partial charge in [-0.3, -0.25) is 4.79 Å². The summed E-state index contributed by atoms with van der Waals surface area (Å²) in [5, 5.41) is 3.39. The number of carbonyl (C=O) groups excluding carboxylic acids is 2. The molecule has 2 aliphatic heterocycles. The standard InChI is InChI=1S/C22H24FN3O3/c1-2-29-22(28)25-13-11-17(12-14-25)26-20(24-16-9-7-15(23)8-10-16)18-5-3-4-6-19(18)21(26)27/h3-10,17,20,24H,2,11-14H2,1H3/t20-/m1/s1. The van der Waals surface area contributed by atoms with Gasteiger partial charge in [-0.25, -0.2) is 9.18 Å². The van der Waals surface area contributed by atoms with Gasteiger partial charge in [-0.1, -0.05) is 18.2 Å². The van der Waals surface area contributed by atoms with E-state index in [2.05, 4.69) is 5.32 Å². The Morgan fingerprint density at radius 3 is 2.52 bits per heavy atom. The summed E-state index contributed by atoms with van der Waals surface area (Å²) in [4.78, 5) is 28.7. The fraction of sp³-hybridized carbons (Fsp3) is 0.364. The molecule has 152 valence electrons. The van der Waals surface area contributed by atoms with Crippen LogP contribution in [0.2, 0.25) is 0 Å². The summed E-state index contributed by atoms with van der Waals surface area (Å²) in [5.74, 6) is -0.323. The normalized spacial score (nSPS) is 19.2. The Bertz CT molecular complexity index is 894. The van der Waals surface area contributed by atoms with Gasteiger partial charge < -0.3 is 19.9 Å². The van der Waals surface area contributed by atoms with Crippen LogP contribution >= 0.6 is 0 Å². The zero-order valence-corrected chi connectivity index (χ0v) is 16.3. The number of rotatable bonds is 4. The molecule has 0 aromatic heterocycles. The molecular weight excluding hydrogens is 373 g/mol. The maximum Gasteiger partial charge on any atom is 0.409 e. The number of nitrogens with zero attached hydrogens (tertiary/aromatic N) is 2. The zero-order chi connectivity index (χ0) is 20.4. The van der Waals surface area contributed by atoms with Crippen molar-refractivity contribution < 1.29 is 18.7 Å². The van der Waals surface area contributed by atoms with E-state index in [0.29, 0.717) is 38.1 Å². The molecule has 2 aromatic rings. The second-order valence-corrected chi connectivity index (χ2v) is 7.27. The first-order valence-electron chi connectivity index (χ1n) is 9.94. The Morgan fingerprint density at radius 2 is 1.83 bits per heavy atom. The summed E-state index contributed by atoms with van der Waals surface area (Å²) < 4.78 is 18.4. The van der Waals surface area contributed by atoms with E-state index in [1.807, 2.05) is 29.2 Å². The lowest BCUT2D eigenvalue weighted by Crippen LogP contribution is -2.49. The van der Waals surface area contributed by atoms with Crippen molar-refractivity contribution in [3.05, 3.63) is 65.5 Å².